The average Bonchev–Trinajstić information content (AvgIpc) is 2.62. The third-order valence-electron chi connectivity index (χ3n) is 3.30. The van der Waals surface area contributed by atoms with Gasteiger partial charge in [0.25, 0.3) is 0 Å². The standard InChI is InChI=1S/C13H22O2/c1-2-8-13(15-9-5-1)11-14-10-12-6-3-4-7-12/h10,13H,1-9,11H2. The maximum atomic E-state index is 5.71. The average molecular weight is 210 g/mol. The normalized spacial score (nSPS) is 27.5. The number of rotatable bonds is 3. The summed E-state index contributed by atoms with van der Waals surface area (Å²) in [4.78, 5) is 0. The monoisotopic (exact) mass is 210 g/mol. The molecule has 0 aromatic rings. The van der Waals surface area contributed by atoms with E-state index in [4.69, 9.17) is 9.47 Å². The predicted molar refractivity (Wildman–Crippen MR) is 60.7 cm³/mol. The Bertz CT molecular complexity index is 195. The summed E-state index contributed by atoms with van der Waals surface area (Å²) < 4.78 is 11.3. The third kappa shape index (κ3) is 3.86. The van der Waals surface area contributed by atoms with Gasteiger partial charge in [-0.15, -0.1) is 0 Å². The van der Waals surface area contributed by atoms with Gasteiger partial charge in [0, 0.05) is 6.61 Å². The van der Waals surface area contributed by atoms with Crippen LogP contribution in [0.4, 0.5) is 0 Å². The Balaban J connectivity index is 1.65. The van der Waals surface area contributed by atoms with Crippen LogP contribution in [0.5, 0.6) is 0 Å². The lowest BCUT2D eigenvalue weighted by Gasteiger charge is -2.14. The van der Waals surface area contributed by atoms with Crippen molar-refractivity contribution in [2.75, 3.05) is 13.2 Å². The van der Waals surface area contributed by atoms with Crippen LogP contribution in [0.2, 0.25) is 0 Å². The minimum absolute atomic E-state index is 0.339. The Morgan fingerprint density at radius 3 is 2.87 bits per heavy atom. The zero-order valence-electron chi connectivity index (χ0n) is 9.54. The molecule has 0 aromatic carbocycles. The highest BCUT2D eigenvalue weighted by molar-refractivity contribution is 5.02. The quantitative estimate of drug-likeness (QED) is 0.664. The highest BCUT2D eigenvalue weighted by atomic mass is 16.5. The smallest absolute Gasteiger partial charge is 0.113 e. The highest BCUT2D eigenvalue weighted by Crippen LogP contribution is 2.23. The summed E-state index contributed by atoms with van der Waals surface area (Å²) in [6.45, 7) is 1.67. The third-order valence-corrected chi connectivity index (χ3v) is 3.30. The lowest BCUT2D eigenvalue weighted by molar-refractivity contribution is 0.0119. The first-order valence-corrected chi connectivity index (χ1v) is 6.36. The zero-order valence-corrected chi connectivity index (χ0v) is 9.54. The van der Waals surface area contributed by atoms with Crippen molar-refractivity contribution in [2.45, 2.75) is 57.5 Å². The maximum Gasteiger partial charge on any atom is 0.113 e. The molecule has 0 radical (unpaired) electrons. The molecule has 1 saturated heterocycles. The van der Waals surface area contributed by atoms with Crippen LogP contribution >= 0.6 is 0 Å². The molecule has 15 heavy (non-hydrogen) atoms. The van der Waals surface area contributed by atoms with E-state index in [-0.39, 0.29) is 0 Å². The number of hydrogen-bond donors (Lipinski definition) is 0. The summed E-state index contributed by atoms with van der Waals surface area (Å²) in [5.41, 5.74) is 1.49. The minimum atomic E-state index is 0.339. The van der Waals surface area contributed by atoms with E-state index in [1.54, 1.807) is 0 Å². The molecule has 2 fully saturated rings. The first-order chi connectivity index (χ1) is 7.45. The SMILES string of the molecule is C(OCC1CCCCCO1)=C1CCCC1. The van der Waals surface area contributed by atoms with Crippen molar-refractivity contribution in [2.24, 2.45) is 0 Å². The second-order valence-electron chi connectivity index (χ2n) is 4.66. The van der Waals surface area contributed by atoms with Gasteiger partial charge in [0.15, 0.2) is 0 Å². The Labute approximate surface area is 92.6 Å². The fourth-order valence-electron chi connectivity index (χ4n) is 2.34. The largest absolute Gasteiger partial charge is 0.499 e. The van der Waals surface area contributed by atoms with E-state index in [9.17, 15) is 0 Å². The van der Waals surface area contributed by atoms with Crippen LogP contribution in [0.3, 0.4) is 0 Å². The molecular formula is C13H22O2. The van der Waals surface area contributed by atoms with Crippen molar-refractivity contribution >= 4 is 0 Å². The molecule has 86 valence electrons. The van der Waals surface area contributed by atoms with Crippen LogP contribution in [0.15, 0.2) is 11.8 Å². The van der Waals surface area contributed by atoms with Crippen LogP contribution < -0.4 is 0 Å². The van der Waals surface area contributed by atoms with Crippen LogP contribution in [-0.2, 0) is 9.47 Å². The Morgan fingerprint density at radius 1 is 1.13 bits per heavy atom. The number of allylic oxidation sites excluding steroid dienone is 1. The molecule has 0 N–H and O–H groups in total. The van der Waals surface area contributed by atoms with E-state index >= 15 is 0 Å². The Morgan fingerprint density at radius 2 is 2.00 bits per heavy atom. The molecule has 1 aliphatic heterocycles. The van der Waals surface area contributed by atoms with Gasteiger partial charge in [-0.2, -0.15) is 0 Å². The summed E-state index contributed by atoms with van der Waals surface area (Å²) in [5.74, 6) is 0. The Hall–Kier alpha value is -0.500. The molecule has 0 amide bonds. The van der Waals surface area contributed by atoms with Gasteiger partial charge in [0.2, 0.25) is 0 Å². The summed E-state index contributed by atoms with van der Waals surface area (Å²) >= 11 is 0. The molecule has 2 aliphatic rings. The molecule has 2 nitrogen and oxygen atoms in total. The maximum absolute atomic E-state index is 5.71. The molecule has 0 spiro atoms. The van der Waals surface area contributed by atoms with Crippen LogP contribution in [0.1, 0.15) is 51.4 Å². The van der Waals surface area contributed by atoms with Crippen LogP contribution in [0, 0.1) is 0 Å². The second-order valence-corrected chi connectivity index (χ2v) is 4.66. The first kappa shape index (κ1) is 11.0. The lowest BCUT2D eigenvalue weighted by atomic mass is 10.1. The van der Waals surface area contributed by atoms with Gasteiger partial charge in [-0.25, -0.2) is 0 Å². The molecule has 1 atom stereocenters. The van der Waals surface area contributed by atoms with Gasteiger partial charge >= 0.3 is 0 Å². The van der Waals surface area contributed by atoms with Gasteiger partial charge in [0.05, 0.1) is 12.4 Å². The molecule has 2 heteroatoms. The van der Waals surface area contributed by atoms with Crippen molar-refractivity contribution < 1.29 is 9.47 Å². The topological polar surface area (TPSA) is 18.5 Å². The molecule has 0 aromatic heterocycles. The van der Waals surface area contributed by atoms with Crippen molar-refractivity contribution in [1.82, 2.24) is 0 Å². The van der Waals surface area contributed by atoms with Crippen molar-refractivity contribution in [3.8, 4) is 0 Å². The number of ether oxygens (including phenoxy) is 2. The van der Waals surface area contributed by atoms with Gasteiger partial charge in [0.1, 0.15) is 6.61 Å². The molecule has 0 bridgehead atoms. The number of hydrogen-bond acceptors (Lipinski definition) is 2. The first-order valence-electron chi connectivity index (χ1n) is 6.36. The fourth-order valence-corrected chi connectivity index (χ4v) is 2.34. The van der Waals surface area contributed by atoms with E-state index in [2.05, 4.69) is 0 Å². The van der Waals surface area contributed by atoms with Crippen molar-refractivity contribution in [1.29, 1.82) is 0 Å². The molecule has 1 unspecified atom stereocenters. The van der Waals surface area contributed by atoms with Gasteiger partial charge in [-0.1, -0.05) is 12.8 Å². The van der Waals surface area contributed by atoms with Crippen LogP contribution in [0.25, 0.3) is 0 Å². The van der Waals surface area contributed by atoms with E-state index in [1.807, 2.05) is 6.26 Å². The Kier molecular flexibility index (Phi) is 4.52. The second kappa shape index (κ2) is 6.16. The van der Waals surface area contributed by atoms with Gasteiger partial charge in [-0.05, 0) is 44.1 Å². The van der Waals surface area contributed by atoms with E-state index in [1.165, 1.54) is 56.9 Å². The molecular weight excluding hydrogens is 188 g/mol. The summed E-state index contributed by atoms with van der Waals surface area (Å²) in [7, 11) is 0. The van der Waals surface area contributed by atoms with Gasteiger partial charge in [-0.3, -0.25) is 0 Å². The highest BCUT2D eigenvalue weighted by Gasteiger charge is 2.13. The molecule has 1 aliphatic carbocycles. The summed E-state index contributed by atoms with van der Waals surface area (Å²) in [6, 6.07) is 0. The van der Waals surface area contributed by atoms with Crippen molar-refractivity contribution in [3.05, 3.63) is 11.8 Å². The summed E-state index contributed by atoms with van der Waals surface area (Å²) in [5, 5.41) is 0. The fraction of sp³-hybridized carbons (Fsp3) is 0.846. The van der Waals surface area contributed by atoms with E-state index in [0.717, 1.165) is 13.2 Å². The van der Waals surface area contributed by atoms with Crippen LogP contribution in [-0.4, -0.2) is 19.3 Å². The molecule has 2 rings (SSSR count). The predicted octanol–water partition coefficient (Wildman–Crippen LogP) is 3.42. The molecule has 1 heterocycles. The van der Waals surface area contributed by atoms with Crippen molar-refractivity contribution in [3.63, 3.8) is 0 Å². The van der Waals surface area contributed by atoms with E-state index < -0.39 is 0 Å². The van der Waals surface area contributed by atoms with E-state index in [0.29, 0.717) is 6.10 Å². The minimum Gasteiger partial charge on any atom is -0.499 e. The van der Waals surface area contributed by atoms with Gasteiger partial charge < -0.3 is 9.47 Å². The lowest BCUT2D eigenvalue weighted by Crippen LogP contribution is -2.17. The zero-order chi connectivity index (χ0) is 10.3. The molecule has 1 saturated carbocycles. The summed E-state index contributed by atoms with van der Waals surface area (Å²) in [6.07, 6.45) is 12.5.